The number of rotatable bonds is 0. The summed E-state index contributed by atoms with van der Waals surface area (Å²) >= 11 is 0. The number of piperidine rings is 1. The smallest absolute Gasteiger partial charge is 0.136 e. The van der Waals surface area contributed by atoms with Gasteiger partial charge in [0.2, 0.25) is 0 Å². The summed E-state index contributed by atoms with van der Waals surface area (Å²) in [5, 5.41) is 0. The Morgan fingerprint density at radius 1 is 1.50 bits per heavy atom. The van der Waals surface area contributed by atoms with Gasteiger partial charge in [-0.15, -0.1) is 0 Å². The molecule has 0 aromatic rings. The van der Waals surface area contributed by atoms with Crippen LogP contribution in [0.3, 0.4) is 0 Å². The first kappa shape index (κ1) is 3.86. The highest BCUT2D eigenvalue weighted by Crippen LogP contribution is 2.31. The number of Topliss-reactive ketones (excluding diaryl/α,β-unsaturated/α-hetero) is 1. The fourth-order valence-corrected chi connectivity index (χ4v) is 1.97. The minimum atomic E-state index is -2.01. The third kappa shape index (κ3) is 0.788. The van der Waals surface area contributed by atoms with Gasteiger partial charge in [0.05, 0.1) is 0 Å². The van der Waals surface area contributed by atoms with Crippen molar-refractivity contribution in [2.24, 2.45) is 0 Å². The molecule has 2 rings (SSSR count). The Balaban J connectivity index is 2.19. The van der Waals surface area contributed by atoms with Gasteiger partial charge in [-0.05, 0) is 19.8 Å². The van der Waals surface area contributed by atoms with Crippen molar-refractivity contribution in [1.82, 2.24) is 4.90 Å². The van der Waals surface area contributed by atoms with Gasteiger partial charge in [-0.25, -0.2) is 0 Å². The first-order chi connectivity index (χ1) is 5.98. The molecule has 2 heteroatoms. The monoisotopic (exact) mass is 142 g/mol. The number of nitrogens with zero attached hydrogens (tertiary/aromatic N) is 1. The third-order valence-electron chi connectivity index (χ3n) is 2.55. The van der Waals surface area contributed by atoms with Crippen LogP contribution in [-0.2, 0) is 4.79 Å². The summed E-state index contributed by atoms with van der Waals surface area (Å²) in [6.45, 7) is -2.01. The number of carbonyl (C=O) groups excluding carboxylic acids is 1. The molecule has 0 N–H and O–H groups in total. The van der Waals surface area contributed by atoms with Gasteiger partial charge in [0, 0.05) is 29.0 Å². The first-order valence-electron chi connectivity index (χ1n) is 5.28. The fraction of sp³-hybridized carbons (Fsp3) is 0.875. The van der Waals surface area contributed by atoms with E-state index in [1.54, 1.807) is 4.90 Å². The van der Waals surface area contributed by atoms with E-state index in [4.69, 9.17) is 4.11 Å². The van der Waals surface area contributed by atoms with E-state index in [1.807, 2.05) is 0 Å². The van der Waals surface area contributed by atoms with Gasteiger partial charge in [0.15, 0.2) is 0 Å². The van der Waals surface area contributed by atoms with E-state index in [0.717, 1.165) is 12.8 Å². The van der Waals surface area contributed by atoms with Crippen LogP contribution in [0.15, 0.2) is 0 Å². The minimum absolute atomic E-state index is 0.0150. The predicted molar refractivity (Wildman–Crippen MR) is 38.8 cm³/mol. The van der Waals surface area contributed by atoms with Crippen LogP contribution < -0.4 is 0 Å². The molecule has 0 unspecified atom stereocenters. The van der Waals surface area contributed by atoms with Crippen molar-refractivity contribution in [3.63, 3.8) is 0 Å². The van der Waals surface area contributed by atoms with Gasteiger partial charge in [-0.2, -0.15) is 0 Å². The molecule has 2 fully saturated rings. The highest BCUT2D eigenvalue weighted by atomic mass is 16.1. The zero-order valence-corrected chi connectivity index (χ0v) is 5.84. The van der Waals surface area contributed by atoms with Gasteiger partial charge in [-0.3, -0.25) is 9.69 Å². The maximum Gasteiger partial charge on any atom is 0.136 e. The van der Waals surface area contributed by atoms with E-state index in [2.05, 4.69) is 0 Å². The average molecular weight is 142 g/mol. The van der Waals surface area contributed by atoms with E-state index in [9.17, 15) is 4.79 Å². The molecule has 0 aromatic carbocycles. The molecule has 56 valence electrons. The normalized spacial score (nSPS) is 46.4. The second-order valence-electron chi connectivity index (χ2n) is 3.24. The molecule has 0 amide bonds. The van der Waals surface area contributed by atoms with Crippen molar-refractivity contribution in [1.29, 1.82) is 0 Å². The van der Waals surface area contributed by atoms with Crippen molar-refractivity contribution in [2.75, 3.05) is 6.98 Å². The van der Waals surface area contributed by atoms with E-state index < -0.39 is 6.98 Å². The standard InChI is InChI=1S/C8H13NO/c1-9-6-2-3-7(9)5-8(10)4-6/h6-7H,2-5H2,1H3/t6-,7+/i1D3. The van der Waals surface area contributed by atoms with Crippen molar-refractivity contribution in [3.8, 4) is 0 Å². The molecule has 0 radical (unpaired) electrons. The van der Waals surface area contributed by atoms with Crippen LogP contribution in [0.5, 0.6) is 0 Å². The zero-order valence-electron chi connectivity index (χ0n) is 8.84. The van der Waals surface area contributed by atoms with Crippen LogP contribution in [0.25, 0.3) is 0 Å². The summed E-state index contributed by atoms with van der Waals surface area (Å²) in [6.07, 6.45) is 2.62. The molecule has 2 atom stereocenters. The topological polar surface area (TPSA) is 20.3 Å². The Hall–Kier alpha value is -0.370. The lowest BCUT2D eigenvalue weighted by atomic mass is 10.0. The molecule has 2 aliphatic heterocycles. The molecular weight excluding hydrogens is 126 g/mol. The van der Waals surface area contributed by atoms with Crippen LogP contribution in [-0.4, -0.2) is 29.7 Å². The Kier molecular flexibility index (Phi) is 0.794. The fourth-order valence-electron chi connectivity index (χ4n) is 1.97. The first-order valence-corrected chi connectivity index (χ1v) is 3.78. The van der Waals surface area contributed by atoms with Gasteiger partial charge >= 0.3 is 0 Å². The molecule has 0 aliphatic carbocycles. The second kappa shape index (κ2) is 2.06. The van der Waals surface area contributed by atoms with Gasteiger partial charge in [0.1, 0.15) is 5.78 Å². The lowest BCUT2D eigenvalue weighted by Gasteiger charge is -2.29. The highest BCUT2D eigenvalue weighted by molar-refractivity contribution is 5.80. The highest BCUT2D eigenvalue weighted by Gasteiger charge is 2.37. The Morgan fingerprint density at radius 3 is 2.60 bits per heavy atom. The number of carbonyl (C=O) groups is 1. The lowest BCUT2D eigenvalue weighted by molar-refractivity contribution is -0.123. The average Bonchev–Trinajstić information content (AvgIpc) is 2.23. The predicted octanol–water partition coefficient (Wildman–Crippen LogP) is 0.812. The summed E-state index contributed by atoms with van der Waals surface area (Å²) in [7, 11) is 0. The minimum Gasteiger partial charge on any atom is -0.300 e. The second-order valence-corrected chi connectivity index (χ2v) is 3.24. The van der Waals surface area contributed by atoms with Crippen LogP contribution in [0, 0.1) is 0 Å². The lowest BCUT2D eigenvalue weighted by Crippen LogP contribution is -2.39. The molecule has 2 saturated heterocycles. The maximum absolute atomic E-state index is 11.2. The zero-order chi connectivity index (χ0) is 9.64. The molecule has 2 aliphatic rings. The Labute approximate surface area is 65.4 Å². The molecular formula is C8H13NO. The third-order valence-corrected chi connectivity index (χ3v) is 2.55. The molecule has 0 saturated carbocycles. The van der Waals surface area contributed by atoms with Crippen molar-refractivity contribution < 1.29 is 8.91 Å². The molecule has 2 bridgehead atoms. The molecule has 2 heterocycles. The number of hydrogen-bond acceptors (Lipinski definition) is 2. The van der Waals surface area contributed by atoms with E-state index in [0.29, 0.717) is 12.8 Å². The van der Waals surface area contributed by atoms with Crippen molar-refractivity contribution >= 4 is 5.78 Å². The Bertz CT molecular complexity index is 222. The van der Waals surface area contributed by atoms with Crippen LogP contribution in [0.4, 0.5) is 0 Å². The summed E-state index contributed by atoms with van der Waals surface area (Å²) in [4.78, 5) is 12.7. The quantitative estimate of drug-likeness (QED) is 0.499. The summed E-state index contributed by atoms with van der Waals surface area (Å²) in [6, 6.07) is -0.0301. The SMILES string of the molecule is [2H]C([2H])([2H])N1[C@@H]2CC[C@H]1CC(=O)C2. The van der Waals surface area contributed by atoms with E-state index >= 15 is 0 Å². The number of ketones is 1. The molecule has 0 spiro atoms. The van der Waals surface area contributed by atoms with Crippen molar-refractivity contribution in [3.05, 3.63) is 0 Å². The van der Waals surface area contributed by atoms with Crippen molar-refractivity contribution in [2.45, 2.75) is 37.8 Å². The van der Waals surface area contributed by atoms with Crippen LogP contribution >= 0.6 is 0 Å². The van der Waals surface area contributed by atoms with Gasteiger partial charge in [-0.1, -0.05) is 0 Å². The Morgan fingerprint density at radius 2 is 2.10 bits per heavy atom. The summed E-state index contributed by atoms with van der Waals surface area (Å²) < 4.78 is 22.0. The molecule has 10 heavy (non-hydrogen) atoms. The molecule has 0 aromatic heterocycles. The largest absolute Gasteiger partial charge is 0.300 e. The molecule has 2 nitrogen and oxygen atoms in total. The van der Waals surface area contributed by atoms with Crippen LogP contribution in [0.2, 0.25) is 0 Å². The number of fused-ring (bicyclic) bond motifs is 2. The van der Waals surface area contributed by atoms with Gasteiger partial charge < -0.3 is 0 Å². The number of hydrogen-bond donors (Lipinski definition) is 0. The van der Waals surface area contributed by atoms with E-state index in [-0.39, 0.29) is 17.9 Å². The van der Waals surface area contributed by atoms with Gasteiger partial charge in [0.25, 0.3) is 0 Å². The summed E-state index contributed by atoms with van der Waals surface area (Å²) in [5.41, 5.74) is 0. The summed E-state index contributed by atoms with van der Waals surface area (Å²) in [5.74, 6) is 0.230. The van der Waals surface area contributed by atoms with E-state index in [1.165, 1.54) is 0 Å². The maximum atomic E-state index is 11.2. The van der Waals surface area contributed by atoms with Crippen LogP contribution in [0.1, 0.15) is 29.8 Å².